The van der Waals surface area contributed by atoms with Crippen LogP contribution in [0.3, 0.4) is 0 Å². The van der Waals surface area contributed by atoms with Gasteiger partial charge in [-0.1, -0.05) is 11.2 Å². The second-order valence-electron chi connectivity index (χ2n) is 5.13. The average molecular weight is 317 g/mol. The van der Waals surface area contributed by atoms with Crippen molar-refractivity contribution in [1.29, 1.82) is 0 Å². The second-order valence-corrected chi connectivity index (χ2v) is 5.13. The summed E-state index contributed by atoms with van der Waals surface area (Å²) in [4.78, 5) is 6.22. The van der Waals surface area contributed by atoms with Crippen LogP contribution in [-0.4, -0.2) is 29.2 Å². The van der Waals surface area contributed by atoms with Gasteiger partial charge in [-0.15, -0.1) is 0 Å². The summed E-state index contributed by atoms with van der Waals surface area (Å²) >= 11 is 0. The molecule has 0 unspecified atom stereocenters. The van der Waals surface area contributed by atoms with Crippen molar-refractivity contribution in [1.82, 2.24) is 15.0 Å². The van der Waals surface area contributed by atoms with E-state index >= 15 is 0 Å². The molecule has 0 N–H and O–H groups in total. The monoisotopic (exact) mass is 317 g/mol. The van der Waals surface area contributed by atoms with E-state index in [1.54, 1.807) is 24.5 Å². The largest absolute Gasteiger partial charge is 0.494 e. The third kappa shape index (κ3) is 3.57. The molecule has 3 rings (SSSR count). The summed E-state index contributed by atoms with van der Waals surface area (Å²) in [6.45, 7) is 0.987. The Morgan fingerprint density at radius 1 is 1.26 bits per heavy atom. The third-order valence-electron chi connectivity index (χ3n) is 3.28. The molecule has 0 aliphatic carbocycles. The number of benzene rings is 1. The number of nitrogens with zero attached hydrogens (tertiary/aromatic N) is 3. The topological polar surface area (TPSA) is 64.5 Å². The van der Waals surface area contributed by atoms with E-state index in [4.69, 9.17) is 13.7 Å². The molecule has 0 atom stereocenters. The fourth-order valence-electron chi connectivity index (χ4n) is 2.23. The Hall–Kier alpha value is -2.67. The molecule has 0 aliphatic rings. The highest BCUT2D eigenvalue weighted by atomic mass is 19.1. The van der Waals surface area contributed by atoms with Gasteiger partial charge in [0.15, 0.2) is 17.3 Å². The Bertz CT molecular complexity index is 771. The van der Waals surface area contributed by atoms with Crippen LogP contribution < -0.4 is 4.74 Å². The van der Waals surface area contributed by atoms with Crippen LogP contribution >= 0.6 is 0 Å². The molecule has 0 aliphatic heterocycles. The van der Waals surface area contributed by atoms with Gasteiger partial charge >= 0.3 is 0 Å². The van der Waals surface area contributed by atoms with Gasteiger partial charge in [0.2, 0.25) is 11.7 Å². The minimum Gasteiger partial charge on any atom is -0.494 e. The lowest BCUT2D eigenvalue weighted by molar-refractivity contribution is 0.260. The normalized spacial score (nSPS) is 11.1. The summed E-state index contributed by atoms with van der Waals surface area (Å²) in [6, 6.07) is 8.41. The fourth-order valence-corrected chi connectivity index (χ4v) is 2.23. The second kappa shape index (κ2) is 6.62. The molecule has 1 aromatic carbocycles. The molecule has 0 saturated carbocycles. The zero-order valence-corrected chi connectivity index (χ0v) is 12.8. The van der Waals surface area contributed by atoms with E-state index in [0.717, 1.165) is 5.56 Å². The van der Waals surface area contributed by atoms with Crippen molar-refractivity contribution in [3.05, 3.63) is 53.9 Å². The zero-order valence-electron chi connectivity index (χ0n) is 12.8. The summed E-state index contributed by atoms with van der Waals surface area (Å²) in [7, 11) is 3.33. The van der Waals surface area contributed by atoms with Crippen LogP contribution in [0.2, 0.25) is 0 Å². The predicted octanol–water partition coefficient (Wildman–Crippen LogP) is 3.11. The van der Waals surface area contributed by atoms with Crippen LogP contribution in [0.15, 0.2) is 45.5 Å². The van der Waals surface area contributed by atoms with Gasteiger partial charge in [0.05, 0.1) is 19.9 Å². The molecule has 0 spiro atoms. The SMILES string of the molecule is COc1ccc(CN(C)Cc2nc(-c3ccco3)no2)cc1F. The standard InChI is InChI=1S/C16H16FN3O3/c1-20(9-11-5-6-13(21-2)12(17)8-11)10-15-18-16(19-23-15)14-4-3-7-22-14/h3-8H,9-10H2,1-2H3. The Kier molecular flexibility index (Phi) is 4.38. The molecule has 0 radical (unpaired) electrons. The number of aromatic nitrogens is 2. The van der Waals surface area contributed by atoms with Crippen molar-refractivity contribution < 1.29 is 18.1 Å². The summed E-state index contributed by atoms with van der Waals surface area (Å²) in [5.74, 6) is 1.29. The number of halogens is 1. The van der Waals surface area contributed by atoms with Crippen LogP contribution in [0, 0.1) is 5.82 Å². The molecule has 0 amide bonds. The first-order chi connectivity index (χ1) is 11.2. The quantitative estimate of drug-likeness (QED) is 0.696. The van der Waals surface area contributed by atoms with Gasteiger partial charge in [-0.2, -0.15) is 4.98 Å². The van der Waals surface area contributed by atoms with Crippen molar-refractivity contribution in [3.63, 3.8) is 0 Å². The van der Waals surface area contributed by atoms with Crippen LogP contribution in [-0.2, 0) is 13.1 Å². The van der Waals surface area contributed by atoms with Crippen molar-refractivity contribution in [3.8, 4) is 17.3 Å². The van der Waals surface area contributed by atoms with Crippen molar-refractivity contribution in [2.75, 3.05) is 14.2 Å². The average Bonchev–Trinajstić information content (AvgIpc) is 3.18. The van der Waals surface area contributed by atoms with E-state index in [-0.39, 0.29) is 11.6 Å². The number of hydrogen-bond acceptors (Lipinski definition) is 6. The lowest BCUT2D eigenvalue weighted by Gasteiger charge is -2.14. The molecule has 2 aromatic heterocycles. The van der Waals surface area contributed by atoms with Gasteiger partial charge in [-0.05, 0) is 36.9 Å². The summed E-state index contributed by atoms with van der Waals surface area (Å²) in [5.41, 5.74) is 0.830. The number of rotatable bonds is 6. The first-order valence-electron chi connectivity index (χ1n) is 7.03. The number of ether oxygens (including phenoxy) is 1. The van der Waals surface area contributed by atoms with E-state index < -0.39 is 0 Å². The van der Waals surface area contributed by atoms with Crippen LogP contribution in [0.1, 0.15) is 11.5 Å². The molecular weight excluding hydrogens is 301 g/mol. The third-order valence-corrected chi connectivity index (χ3v) is 3.28. The smallest absolute Gasteiger partial charge is 0.241 e. The van der Waals surface area contributed by atoms with Gasteiger partial charge in [0, 0.05) is 6.54 Å². The van der Waals surface area contributed by atoms with E-state index in [0.29, 0.717) is 30.6 Å². The Balaban J connectivity index is 1.63. The van der Waals surface area contributed by atoms with E-state index in [9.17, 15) is 4.39 Å². The van der Waals surface area contributed by atoms with Gasteiger partial charge < -0.3 is 13.7 Å². The van der Waals surface area contributed by atoms with Gasteiger partial charge in [-0.3, -0.25) is 4.90 Å². The van der Waals surface area contributed by atoms with Gasteiger partial charge in [0.1, 0.15) is 0 Å². The lowest BCUT2D eigenvalue weighted by Crippen LogP contribution is -2.17. The molecule has 6 nitrogen and oxygen atoms in total. The summed E-state index contributed by atoms with van der Waals surface area (Å²) < 4.78 is 29.0. The zero-order chi connectivity index (χ0) is 16.2. The maximum absolute atomic E-state index is 13.7. The summed E-state index contributed by atoms with van der Waals surface area (Å²) in [6.07, 6.45) is 1.55. The van der Waals surface area contributed by atoms with Crippen molar-refractivity contribution in [2.45, 2.75) is 13.1 Å². The highest BCUT2D eigenvalue weighted by Gasteiger charge is 2.13. The molecule has 0 fully saturated rings. The van der Waals surface area contributed by atoms with E-state index in [2.05, 4.69) is 10.1 Å². The maximum atomic E-state index is 13.7. The number of methoxy groups -OCH3 is 1. The van der Waals surface area contributed by atoms with Gasteiger partial charge in [-0.25, -0.2) is 4.39 Å². The minimum atomic E-state index is -0.378. The fraction of sp³-hybridized carbons (Fsp3) is 0.250. The van der Waals surface area contributed by atoms with E-state index in [1.165, 1.54) is 13.2 Å². The molecule has 7 heteroatoms. The van der Waals surface area contributed by atoms with Gasteiger partial charge in [0.25, 0.3) is 0 Å². The molecule has 2 heterocycles. The molecular formula is C16H16FN3O3. The maximum Gasteiger partial charge on any atom is 0.241 e. The first-order valence-corrected chi connectivity index (χ1v) is 7.03. The van der Waals surface area contributed by atoms with Crippen LogP contribution in [0.4, 0.5) is 4.39 Å². The lowest BCUT2D eigenvalue weighted by atomic mass is 10.2. The van der Waals surface area contributed by atoms with Crippen LogP contribution in [0.5, 0.6) is 5.75 Å². The minimum absolute atomic E-state index is 0.233. The highest BCUT2D eigenvalue weighted by Crippen LogP contribution is 2.19. The Morgan fingerprint density at radius 3 is 2.83 bits per heavy atom. The molecule has 120 valence electrons. The van der Waals surface area contributed by atoms with Crippen molar-refractivity contribution in [2.24, 2.45) is 0 Å². The molecule has 3 aromatic rings. The number of furan rings is 1. The highest BCUT2D eigenvalue weighted by molar-refractivity contribution is 5.44. The Labute approximate surface area is 132 Å². The van der Waals surface area contributed by atoms with Crippen molar-refractivity contribution >= 4 is 0 Å². The molecule has 23 heavy (non-hydrogen) atoms. The molecule has 0 saturated heterocycles. The summed E-state index contributed by atoms with van der Waals surface area (Å²) in [5, 5.41) is 3.87. The first kappa shape index (κ1) is 15.2. The molecule has 0 bridgehead atoms. The number of hydrogen-bond donors (Lipinski definition) is 0. The van der Waals surface area contributed by atoms with Crippen LogP contribution in [0.25, 0.3) is 11.6 Å². The predicted molar refractivity (Wildman–Crippen MR) is 80.1 cm³/mol. The van der Waals surface area contributed by atoms with E-state index in [1.807, 2.05) is 18.0 Å². The Morgan fingerprint density at radius 2 is 2.13 bits per heavy atom.